The fourth-order valence-corrected chi connectivity index (χ4v) is 0.936. The van der Waals surface area contributed by atoms with Gasteiger partial charge in [-0.05, 0) is 18.6 Å². The molecule has 3 N–H and O–H groups in total. The Kier molecular flexibility index (Phi) is 2.02. The van der Waals surface area contributed by atoms with Crippen molar-refractivity contribution >= 4 is 17.8 Å². The molecule has 0 amide bonds. The van der Waals surface area contributed by atoms with Gasteiger partial charge in [-0.3, -0.25) is 5.32 Å². The van der Waals surface area contributed by atoms with Gasteiger partial charge in [0.15, 0.2) is 0 Å². The highest BCUT2D eigenvalue weighted by molar-refractivity contribution is 5.46. The Bertz CT molecular complexity index is 422. The van der Waals surface area contributed by atoms with Gasteiger partial charge in [-0.15, -0.1) is 0 Å². The van der Waals surface area contributed by atoms with Crippen molar-refractivity contribution in [2.24, 2.45) is 0 Å². The van der Waals surface area contributed by atoms with Gasteiger partial charge >= 0.3 is 12.0 Å². The van der Waals surface area contributed by atoms with E-state index in [1.807, 2.05) is 19.1 Å². The van der Waals surface area contributed by atoms with Gasteiger partial charge in [0.25, 0.3) is 0 Å². The van der Waals surface area contributed by atoms with E-state index in [4.69, 9.17) is 10.2 Å². The van der Waals surface area contributed by atoms with Crippen LogP contribution in [0.25, 0.3) is 0 Å². The Balaban J connectivity index is 2.15. The van der Waals surface area contributed by atoms with Crippen LogP contribution in [-0.4, -0.2) is 15.2 Å². The molecule has 0 saturated heterocycles. The van der Waals surface area contributed by atoms with Crippen molar-refractivity contribution < 1.29 is 4.42 Å². The molecule has 6 heteroatoms. The number of nitrogens with zero attached hydrogens (tertiary/aromatic N) is 3. The van der Waals surface area contributed by atoms with Gasteiger partial charge in [0.1, 0.15) is 5.82 Å². The first-order valence-corrected chi connectivity index (χ1v) is 4.03. The first kappa shape index (κ1) is 8.49. The lowest BCUT2D eigenvalue weighted by molar-refractivity contribution is 0.593. The number of pyridine rings is 1. The molecular weight excluding hydrogens is 182 g/mol. The van der Waals surface area contributed by atoms with Gasteiger partial charge in [0.05, 0.1) is 0 Å². The van der Waals surface area contributed by atoms with Crippen molar-refractivity contribution in [3.63, 3.8) is 0 Å². The highest BCUT2D eigenvalue weighted by Crippen LogP contribution is 2.13. The zero-order chi connectivity index (χ0) is 9.97. The van der Waals surface area contributed by atoms with Gasteiger partial charge in [-0.2, -0.15) is 0 Å². The quantitative estimate of drug-likeness (QED) is 0.738. The first-order valence-electron chi connectivity index (χ1n) is 4.03. The molecule has 14 heavy (non-hydrogen) atoms. The van der Waals surface area contributed by atoms with Crippen LogP contribution in [0.2, 0.25) is 0 Å². The number of hydrogen-bond acceptors (Lipinski definition) is 6. The van der Waals surface area contributed by atoms with Crippen LogP contribution in [0.1, 0.15) is 5.56 Å². The standard InChI is InChI=1S/C8H9N5O/c1-5-2-3-6(10-4-5)11-8-13-12-7(9)14-8/h2-4H,1H3,(H2,9,12)(H,10,11,13). The van der Waals surface area contributed by atoms with E-state index in [9.17, 15) is 0 Å². The molecule has 0 radical (unpaired) electrons. The summed E-state index contributed by atoms with van der Waals surface area (Å²) in [4.78, 5) is 4.10. The zero-order valence-corrected chi connectivity index (χ0v) is 7.56. The number of nitrogen functional groups attached to an aromatic ring is 1. The van der Waals surface area contributed by atoms with E-state index < -0.39 is 0 Å². The highest BCUT2D eigenvalue weighted by Gasteiger charge is 2.02. The third kappa shape index (κ3) is 1.79. The summed E-state index contributed by atoms with van der Waals surface area (Å²) in [5.74, 6) is 0.638. The molecule has 0 aliphatic heterocycles. The SMILES string of the molecule is Cc1ccc(Nc2nnc(N)o2)nc1. The number of rotatable bonds is 2. The van der Waals surface area contributed by atoms with Gasteiger partial charge < -0.3 is 10.2 Å². The molecule has 0 bridgehead atoms. The molecule has 0 aliphatic carbocycles. The van der Waals surface area contributed by atoms with Crippen LogP contribution in [0, 0.1) is 6.92 Å². The van der Waals surface area contributed by atoms with Crippen LogP contribution in [-0.2, 0) is 0 Å². The number of aryl methyl sites for hydroxylation is 1. The van der Waals surface area contributed by atoms with Crippen molar-refractivity contribution in [3.05, 3.63) is 23.9 Å². The largest absolute Gasteiger partial charge is 0.389 e. The minimum atomic E-state index is 0.0274. The maximum atomic E-state index is 5.26. The van der Waals surface area contributed by atoms with E-state index in [2.05, 4.69) is 20.5 Å². The lowest BCUT2D eigenvalue weighted by atomic mass is 10.3. The van der Waals surface area contributed by atoms with E-state index in [1.54, 1.807) is 6.20 Å². The van der Waals surface area contributed by atoms with Crippen molar-refractivity contribution in [2.45, 2.75) is 6.92 Å². The molecule has 0 atom stereocenters. The van der Waals surface area contributed by atoms with E-state index in [0.29, 0.717) is 5.82 Å². The smallest absolute Gasteiger partial charge is 0.322 e. The molecule has 2 aromatic rings. The number of hydrogen-bond donors (Lipinski definition) is 2. The molecule has 0 unspecified atom stereocenters. The summed E-state index contributed by atoms with van der Waals surface area (Å²) < 4.78 is 4.92. The topological polar surface area (TPSA) is 89.9 Å². The lowest BCUT2D eigenvalue weighted by Gasteiger charge is -1.99. The molecule has 0 spiro atoms. The third-order valence-electron chi connectivity index (χ3n) is 1.59. The molecule has 0 aliphatic rings. The van der Waals surface area contributed by atoms with Crippen molar-refractivity contribution in [1.29, 1.82) is 0 Å². The number of nitrogens with one attached hydrogen (secondary N) is 1. The van der Waals surface area contributed by atoms with Crippen molar-refractivity contribution in [1.82, 2.24) is 15.2 Å². The van der Waals surface area contributed by atoms with E-state index in [-0.39, 0.29) is 12.0 Å². The second-order valence-electron chi connectivity index (χ2n) is 2.79. The zero-order valence-electron chi connectivity index (χ0n) is 7.56. The fourth-order valence-electron chi connectivity index (χ4n) is 0.936. The van der Waals surface area contributed by atoms with Gasteiger partial charge in [0, 0.05) is 6.20 Å². The second-order valence-corrected chi connectivity index (χ2v) is 2.79. The molecule has 0 aromatic carbocycles. The van der Waals surface area contributed by atoms with Crippen molar-refractivity contribution in [2.75, 3.05) is 11.1 Å². The fraction of sp³-hybridized carbons (Fsp3) is 0.125. The lowest BCUT2D eigenvalue weighted by Crippen LogP contribution is -1.93. The molecule has 2 heterocycles. The van der Waals surface area contributed by atoms with E-state index in [0.717, 1.165) is 5.56 Å². The average molecular weight is 191 g/mol. The number of aromatic nitrogens is 3. The molecule has 72 valence electrons. The average Bonchev–Trinajstić information content (AvgIpc) is 2.56. The summed E-state index contributed by atoms with van der Waals surface area (Å²) in [6, 6.07) is 4.00. The van der Waals surface area contributed by atoms with Gasteiger partial charge in [-0.25, -0.2) is 4.98 Å². The molecule has 6 nitrogen and oxygen atoms in total. The summed E-state index contributed by atoms with van der Waals surface area (Å²) in [7, 11) is 0. The van der Waals surface area contributed by atoms with Crippen LogP contribution in [0.4, 0.5) is 17.8 Å². The summed E-state index contributed by atoms with van der Waals surface area (Å²) in [6.45, 7) is 1.96. The maximum Gasteiger partial charge on any atom is 0.322 e. The molecule has 2 rings (SSSR count). The summed E-state index contributed by atoms with van der Waals surface area (Å²) in [5.41, 5.74) is 6.34. The molecular formula is C8H9N5O. The van der Waals surface area contributed by atoms with E-state index >= 15 is 0 Å². The summed E-state index contributed by atoms with van der Waals surface area (Å²) in [5, 5.41) is 9.96. The van der Waals surface area contributed by atoms with Crippen LogP contribution in [0.5, 0.6) is 0 Å². The molecule has 2 aromatic heterocycles. The minimum Gasteiger partial charge on any atom is -0.389 e. The van der Waals surface area contributed by atoms with Crippen LogP contribution in [0.3, 0.4) is 0 Å². The Morgan fingerprint density at radius 3 is 2.79 bits per heavy atom. The number of anilines is 3. The first-order chi connectivity index (χ1) is 6.74. The van der Waals surface area contributed by atoms with Crippen LogP contribution >= 0.6 is 0 Å². The predicted octanol–water partition coefficient (Wildman–Crippen LogP) is 1.10. The molecule has 0 saturated carbocycles. The van der Waals surface area contributed by atoms with Gasteiger partial charge in [-0.1, -0.05) is 16.3 Å². The maximum absolute atomic E-state index is 5.26. The summed E-state index contributed by atoms with van der Waals surface area (Å²) >= 11 is 0. The van der Waals surface area contributed by atoms with E-state index in [1.165, 1.54) is 0 Å². The normalized spacial score (nSPS) is 10.1. The second kappa shape index (κ2) is 3.33. The Morgan fingerprint density at radius 1 is 1.36 bits per heavy atom. The van der Waals surface area contributed by atoms with Crippen molar-refractivity contribution in [3.8, 4) is 0 Å². The summed E-state index contributed by atoms with van der Waals surface area (Å²) in [6.07, 6.45) is 1.74. The van der Waals surface area contributed by atoms with Crippen LogP contribution in [0.15, 0.2) is 22.7 Å². The Hall–Kier alpha value is -2.11. The van der Waals surface area contributed by atoms with Gasteiger partial charge in [0.2, 0.25) is 0 Å². The predicted molar refractivity (Wildman–Crippen MR) is 51.0 cm³/mol. The third-order valence-corrected chi connectivity index (χ3v) is 1.59. The molecule has 0 fully saturated rings. The monoisotopic (exact) mass is 191 g/mol. The Labute approximate surface area is 80.2 Å². The van der Waals surface area contributed by atoms with Crippen LogP contribution < -0.4 is 11.1 Å². The Morgan fingerprint density at radius 2 is 2.21 bits per heavy atom. The highest BCUT2D eigenvalue weighted by atomic mass is 16.4. The number of nitrogens with two attached hydrogens (primary N) is 1. The minimum absolute atomic E-state index is 0.0274.